The van der Waals surface area contributed by atoms with Gasteiger partial charge in [-0.1, -0.05) is 0 Å². The first-order valence-electron chi connectivity index (χ1n) is 6.05. The Bertz CT molecular complexity index is 355. The number of rotatable bonds is 3. The van der Waals surface area contributed by atoms with Crippen molar-refractivity contribution < 1.29 is 8.42 Å². The summed E-state index contributed by atoms with van der Waals surface area (Å²) < 4.78 is 23.1. The summed E-state index contributed by atoms with van der Waals surface area (Å²) in [6, 6.07) is 0. The highest BCUT2D eigenvalue weighted by atomic mass is 32.2. The van der Waals surface area contributed by atoms with E-state index in [-0.39, 0.29) is 5.54 Å². The van der Waals surface area contributed by atoms with Crippen LogP contribution < -0.4 is 5.32 Å². The van der Waals surface area contributed by atoms with Crippen LogP contribution in [0.5, 0.6) is 0 Å². The van der Waals surface area contributed by atoms with Crippen molar-refractivity contribution in [2.45, 2.75) is 25.3 Å². The summed E-state index contributed by atoms with van der Waals surface area (Å²) in [4.78, 5) is 2.39. The molecule has 0 saturated carbocycles. The van der Waals surface area contributed by atoms with E-state index in [2.05, 4.69) is 17.1 Å². The third-order valence-electron chi connectivity index (χ3n) is 4.02. The van der Waals surface area contributed by atoms with Gasteiger partial charge in [-0.3, -0.25) is 4.90 Å². The molecule has 0 aromatic rings. The van der Waals surface area contributed by atoms with Crippen molar-refractivity contribution in [2.75, 3.05) is 38.2 Å². The van der Waals surface area contributed by atoms with Crippen molar-refractivity contribution in [1.29, 1.82) is 0 Å². The first-order chi connectivity index (χ1) is 7.45. The fraction of sp³-hybridized carbons (Fsp3) is 1.00. The van der Waals surface area contributed by atoms with Crippen molar-refractivity contribution >= 4 is 9.84 Å². The molecule has 0 spiro atoms. The topological polar surface area (TPSA) is 49.4 Å². The summed E-state index contributed by atoms with van der Waals surface area (Å²) in [5, 5.41) is 3.20. The molecular weight excluding hydrogens is 224 g/mol. The fourth-order valence-electron chi connectivity index (χ4n) is 3.02. The molecule has 2 fully saturated rings. The van der Waals surface area contributed by atoms with Gasteiger partial charge in [-0.2, -0.15) is 0 Å². The molecule has 2 aliphatic rings. The molecule has 0 amide bonds. The molecule has 0 bridgehead atoms. The van der Waals surface area contributed by atoms with Crippen LogP contribution >= 0.6 is 0 Å². The predicted octanol–water partition coefficient (Wildman–Crippen LogP) is 0.105. The van der Waals surface area contributed by atoms with E-state index in [0.29, 0.717) is 17.4 Å². The van der Waals surface area contributed by atoms with E-state index in [1.165, 1.54) is 6.42 Å². The number of sulfone groups is 1. The third kappa shape index (κ3) is 2.41. The lowest BCUT2D eigenvalue weighted by Gasteiger charge is -2.34. The van der Waals surface area contributed by atoms with Crippen molar-refractivity contribution in [2.24, 2.45) is 5.92 Å². The summed E-state index contributed by atoms with van der Waals surface area (Å²) >= 11 is 0. The maximum absolute atomic E-state index is 11.6. The van der Waals surface area contributed by atoms with Crippen LogP contribution in [0.3, 0.4) is 0 Å². The van der Waals surface area contributed by atoms with Crippen molar-refractivity contribution in [3.63, 3.8) is 0 Å². The molecule has 1 N–H and O–H groups in total. The van der Waals surface area contributed by atoms with Gasteiger partial charge in [0.05, 0.1) is 11.5 Å². The monoisotopic (exact) mass is 246 g/mol. The minimum atomic E-state index is -2.78. The molecule has 2 atom stereocenters. The van der Waals surface area contributed by atoms with Crippen molar-refractivity contribution in [3.8, 4) is 0 Å². The number of nitrogens with one attached hydrogen (secondary N) is 1. The SMILES string of the molecule is CNCC1CCN(C2(C)CCS(=O)(=O)C2)C1. The second kappa shape index (κ2) is 4.27. The minimum Gasteiger partial charge on any atom is -0.319 e. The summed E-state index contributed by atoms with van der Waals surface area (Å²) in [5.41, 5.74) is -0.0959. The Hall–Kier alpha value is -0.130. The van der Waals surface area contributed by atoms with Gasteiger partial charge in [0.15, 0.2) is 9.84 Å². The first kappa shape index (κ1) is 12.3. The van der Waals surface area contributed by atoms with Crippen LogP contribution in [0, 0.1) is 5.92 Å². The van der Waals surface area contributed by atoms with Gasteiger partial charge < -0.3 is 5.32 Å². The Morgan fingerprint density at radius 2 is 2.25 bits per heavy atom. The van der Waals surface area contributed by atoms with Crippen LogP contribution in [0.1, 0.15) is 19.8 Å². The Labute approximate surface area is 98.3 Å². The van der Waals surface area contributed by atoms with Crippen molar-refractivity contribution in [3.05, 3.63) is 0 Å². The molecular formula is C11H22N2O2S. The smallest absolute Gasteiger partial charge is 0.152 e. The van der Waals surface area contributed by atoms with Gasteiger partial charge >= 0.3 is 0 Å². The molecule has 16 heavy (non-hydrogen) atoms. The highest BCUT2D eigenvalue weighted by Crippen LogP contribution is 2.33. The summed E-state index contributed by atoms with van der Waals surface area (Å²) in [5.74, 6) is 1.41. The average molecular weight is 246 g/mol. The van der Waals surface area contributed by atoms with Crippen LogP contribution in [0.25, 0.3) is 0 Å². The summed E-state index contributed by atoms with van der Waals surface area (Å²) in [7, 11) is -0.802. The standard InChI is InChI=1S/C11H22N2O2S/c1-11(4-6-16(14,15)9-11)13-5-3-10(8-13)7-12-2/h10,12H,3-9H2,1-2H3. The van der Waals surface area contributed by atoms with Gasteiger partial charge in [0.25, 0.3) is 0 Å². The molecule has 94 valence electrons. The average Bonchev–Trinajstić information content (AvgIpc) is 2.73. The van der Waals surface area contributed by atoms with E-state index in [1.54, 1.807) is 0 Å². The van der Waals surface area contributed by atoms with E-state index in [4.69, 9.17) is 0 Å². The predicted molar refractivity (Wildman–Crippen MR) is 65.3 cm³/mol. The lowest BCUT2D eigenvalue weighted by molar-refractivity contribution is 0.155. The van der Waals surface area contributed by atoms with Gasteiger partial charge in [-0.05, 0) is 45.8 Å². The molecule has 5 heteroatoms. The van der Waals surface area contributed by atoms with Gasteiger partial charge in [-0.25, -0.2) is 8.42 Å². The van der Waals surface area contributed by atoms with Crippen LogP contribution in [-0.4, -0.2) is 57.0 Å². The van der Waals surface area contributed by atoms with Gasteiger partial charge in [0.2, 0.25) is 0 Å². The number of nitrogens with zero attached hydrogens (tertiary/aromatic N) is 1. The van der Waals surface area contributed by atoms with E-state index in [9.17, 15) is 8.42 Å². The van der Waals surface area contributed by atoms with Gasteiger partial charge in [0.1, 0.15) is 0 Å². The molecule has 2 heterocycles. The highest BCUT2D eigenvalue weighted by molar-refractivity contribution is 7.91. The molecule has 2 unspecified atom stereocenters. The fourth-order valence-corrected chi connectivity index (χ4v) is 5.19. The Morgan fingerprint density at radius 3 is 2.81 bits per heavy atom. The Kier molecular flexibility index (Phi) is 3.29. The van der Waals surface area contributed by atoms with E-state index in [0.717, 1.165) is 26.1 Å². The molecule has 2 saturated heterocycles. The normalized spacial score (nSPS) is 39.2. The van der Waals surface area contributed by atoms with Crippen LogP contribution in [0.15, 0.2) is 0 Å². The second-order valence-electron chi connectivity index (χ2n) is 5.50. The zero-order chi connectivity index (χ0) is 11.8. The lowest BCUT2D eigenvalue weighted by Crippen LogP contribution is -2.46. The Balaban J connectivity index is 1.99. The van der Waals surface area contributed by atoms with E-state index < -0.39 is 9.84 Å². The summed E-state index contributed by atoms with van der Waals surface area (Å²) in [6.45, 7) is 5.25. The zero-order valence-corrected chi connectivity index (χ0v) is 11.0. The van der Waals surface area contributed by atoms with E-state index in [1.807, 2.05) is 7.05 Å². The van der Waals surface area contributed by atoms with E-state index >= 15 is 0 Å². The molecule has 0 aromatic heterocycles. The first-order valence-corrected chi connectivity index (χ1v) is 7.87. The molecule has 0 aromatic carbocycles. The number of hydrogen-bond donors (Lipinski definition) is 1. The minimum absolute atomic E-state index is 0.0959. The summed E-state index contributed by atoms with van der Waals surface area (Å²) in [6.07, 6.45) is 2.00. The molecule has 2 rings (SSSR count). The maximum Gasteiger partial charge on any atom is 0.152 e. The maximum atomic E-state index is 11.6. The van der Waals surface area contributed by atoms with Crippen LogP contribution in [-0.2, 0) is 9.84 Å². The number of hydrogen-bond acceptors (Lipinski definition) is 4. The van der Waals surface area contributed by atoms with Crippen LogP contribution in [0.2, 0.25) is 0 Å². The zero-order valence-electron chi connectivity index (χ0n) is 10.2. The molecule has 0 aliphatic carbocycles. The van der Waals surface area contributed by atoms with Crippen molar-refractivity contribution in [1.82, 2.24) is 10.2 Å². The second-order valence-corrected chi connectivity index (χ2v) is 7.68. The van der Waals surface area contributed by atoms with Crippen LogP contribution in [0.4, 0.5) is 0 Å². The molecule has 2 aliphatic heterocycles. The number of likely N-dealkylation sites (tertiary alicyclic amines) is 1. The highest BCUT2D eigenvalue weighted by Gasteiger charge is 2.44. The quantitative estimate of drug-likeness (QED) is 0.767. The third-order valence-corrected chi connectivity index (χ3v) is 5.91. The largest absolute Gasteiger partial charge is 0.319 e. The van der Waals surface area contributed by atoms with Gasteiger partial charge in [-0.15, -0.1) is 0 Å². The lowest BCUT2D eigenvalue weighted by atomic mass is 10.00. The molecule has 0 radical (unpaired) electrons. The molecule has 4 nitrogen and oxygen atoms in total. The Morgan fingerprint density at radius 1 is 1.50 bits per heavy atom. The van der Waals surface area contributed by atoms with Gasteiger partial charge in [0, 0.05) is 12.1 Å².